The van der Waals surface area contributed by atoms with Crippen molar-refractivity contribution in [2.75, 3.05) is 43.6 Å². The van der Waals surface area contributed by atoms with E-state index in [-0.39, 0.29) is 30.0 Å². The van der Waals surface area contributed by atoms with Gasteiger partial charge in [-0.15, -0.1) is 0 Å². The molecule has 222 valence electrons. The number of nitrogens with zero attached hydrogens (tertiary/aromatic N) is 1. The molecule has 4 aromatic rings. The van der Waals surface area contributed by atoms with Gasteiger partial charge in [0.2, 0.25) is 10.0 Å². The molecule has 1 aliphatic heterocycles. The topological polar surface area (TPSA) is 115 Å². The molecule has 0 unspecified atom stereocenters. The van der Waals surface area contributed by atoms with E-state index in [1.165, 1.54) is 35.6 Å². The van der Waals surface area contributed by atoms with Crippen molar-refractivity contribution in [2.24, 2.45) is 0 Å². The summed E-state index contributed by atoms with van der Waals surface area (Å²) in [4.78, 5) is 13.2. The summed E-state index contributed by atoms with van der Waals surface area (Å²) < 4.78 is 71.3. The average Bonchev–Trinajstić information content (AvgIpc) is 3.22. The molecule has 5 rings (SSSR count). The van der Waals surface area contributed by atoms with Crippen LogP contribution in [-0.2, 0) is 19.3 Å². The summed E-state index contributed by atoms with van der Waals surface area (Å²) in [6.45, 7) is 5.10. The Morgan fingerprint density at radius 3 is 2.29 bits per heavy atom. The van der Waals surface area contributed by atoms with Crippen molar-refractivity contribution in [3.63, 3.8) is 0 Å². The molecule has 42 heavy (non-hydrogen) atoms. The van der Waals surface area contributed by atoms with Gasteiger partial charge in [0.15, 0.2) is 0 Å². The normalized spacial score (nSPS) is 17.5. The summed E-state index contributed by atoms with van der Waals surface area (Å²) in [6.07, 6.45) is 0.206. The van der Waals surface area contributed by atoms with E-state index in [2.05, 4.69) is 5.32 Å². The highest BCUT2D eigenvalue weighted by Crippen LogP contribution is 2.44. The predicted octanol–water partition coefficient (Wildman–Crippen LogP) is 6.24. The monoisotopic (exact) mass is 614 g/mol. The van der Waals surface area contributed by atoms with Crippen LogP contribution in [0.4, 0.5) is 10.1 Å². The molecule has 1 aromatic heterocycles. The van der Waals surface area contributed by atoms with Crippen molar-refractivity contribution in [1.82, 2.24) is 5.32 Å². The van der Waals surface area contributed by atoms with Crippen LogP contribution in [0.1, 0.15) is 28.9 Å². The highest BCUT2D eigenvalue weighted by molar-refractivity contribution is 7.92. The van der Waals surface area contributed by atoms with Crippen molar-refractivity contribution >= 4 is 39.7 Å². The minimum absolute atomic E-state index is 0.00125. The number of carbonyl (C=O) groups is 1. The summed E-state index contributed by atoms with van der Waals surface area (Å²) in [6, 6.07) is 15.9. The van der Waals surface area contributed by atoms with E-state index in [0.717, 1.165) is 6.26 Å². The molecule has 1 amide bonds. The predicted molar refractivity (Wildman–Crippen MR) is 161 cm³/mol. The van der Waals surface area contributed by atoms with E-state index in [1.807, 2.05) is 0 Å². The van der Waals surface area contributed by atoms with E-state index in [0.29, 0.717) is 45.0 Å². The average molecular weight is 615 g/mol. The van der Waals surface area contributed by atoms with Gasteiger partial charge in [0.25, 0.3) is 5.91 Å². The van der Waals surface area contributed by atoms with Crippen molar-refractivity contribution in [1.29, 1.82) is 0 Å². The van der Waals surface area contributed by atoms with Crippen LogP contribution in [0, 0.1) is 5.82 Å². The fourth-order valence-electron chi connectivity index (χ4n) is 5.15. The quantitative estimate of drug-likeness (QED) is 0.245. The maximum absolute atomic E-state index is 13.2. The number of fused-ring (bicyclic) bond motifs is 2. The molecular weight excluding hydrogens is 582 g/mol. The molecule has 9 nitrogen and oxygen atoms in total. The Morgan fingerprint density at radius 1 is 1.10 bits per heavy atom. The van der Waals surface area contributed by atoms with E-state index < -0.39 is 29.4 Å². The van der Waals surface area contributed by atoms with Crippen LogP contribution in [-0.4, -0.2) is 59.8 Å². The molecule has 12 heteroatoms. The van der Waals surface area contributed by atoms with E-state index >= 15 is 0 Å². The molecule has 0 bridgehead atoms. The second kappa shape index (κ2) is 11.2. The molecule has 2 heterocycles. The number of amides is 1. The zero-order chi connectivity index (χ0) is 30.4. The summed E-state index contributed by atoms with van der Waals surface area (Å²) in [5, 5.41) is 3.16. The van der Waals surface area contributed by atoms with Crippen molar-refractivity contribution in [2.45, 2.75) is 19.1 Å². The van der Waals surface area contributed by atoms with Crippen molar-refractivity contribution in [3.8, 4) is 22.8 Å². The van der Waals surface area contributed by atoms with E-state index in [4.69, 9.17) is 13.9 Å². The number of furan rings is 1. The standard InChI is InChI=1S/C30H32FN2O7PS/c1-18-24-14-25-27(15-26(24)33(42(5,36)37)16-23(38-18)17-41(3,4)35)40-29(28(25)30(34)32-2)19-6-10-21(11-7-19)39-22-12-8-20(31)9-13-22/h6-15,18,23H,16-17H2,1-5H3,(H,32,34)/t18-,23-/m0/s1. The molecule has 0 radical (unpaired) electrons. The Balaban J connectivity index is 1.60. The van der Waals surface area contributed by atoms with Crippen molar-refractivity contribution in [3.05, 3.63) is 77.6 Å². The fourth-order valence-corrected chi connectivity index (χ4v) is 7.29. The zero-order valence-electron chi connectivity index (χ0n) is 23.9. The highest BCUT2D eigenvalue weighted by atomic mass is 32.2. The van der Waals surface area contributed by atoms with Crippen LogP contribution < -0.4 is 14.4 Å². The summed E-state index contributed by atoms with van der Waals surface area (Å²) in [5.41, 5.74) is 2.15. The second-order valence-corrected chi connectivity index (χ2v) is 16.2. The first-order chi connectivity index (χ1) is 19.7. The first kappa shape index (κ1) is 29.8. The zero-order valence-corrected chi connectivity index (χ0v) is 25.6. The van der Waals surface area contributed by atoms with Crippen LogP contribution in [0.3, 0.4) is 0 Å². The lowest BCUT2D eigenvalue weighted by atomic mass is 10.0. The minimum Gasteiger partial charge on any atom is -0.457 e. The third kappa shape index (κ3) is 6.23. The molecule has 0 spiro atoms. The first-order valence-electron chi connectivity index (χ1n) is 13.3. The Labute approximate surface area is 244 Å². The van der Waals surface area contributed by atoms with Crippen LogP contribution >= 0.6 is 7.14 Å². The molecular formula is C30H32FN2O7PS. The maximum atomic E-state index is 13.2. The number of ether oxygens (including phenoxy) is 2. The van der Waals surface area contributed by atoms with Crippen molar-refractivity contribution < 1.29 is 36.1 Å². The lowest BCUT2D eigenvalue weighted by Gasteiger charge is -2.25. The number of halogens is 1. The highest BCUT2D eigenvalue weighted by Gasteiger charge is 2.35. The van der Waals surface area contributed by atoms with Crippen LogP contribution in [0.5, 0.6) is 11.5 Å². The minimum atomic E-state index is -3.74. The SMILES string of the molecule is CNC(=O)c1c(-c2ccc(Oc3ccc(F)cc3)cc2)oc2cc3c(cc12)[C@H](C)O[C@H](CP(C)(C)=O)CN3S(C)(=O)=O. The summed E-state index contributed by atoms with van der Waals surface area (Å²) in [5.74, 6) is 0.522. The van der Waals surface area contributed by atoms with Gasteiger partial charge in [0.05, 0.1) is 43.4 Å². The number of hydrogen-bond acceptors (Lipinski definition) is 7. The third-order valence-corrected chi connectivity index (χ3v) is 9.41. The molecule has 1 N–H and O–H groups in total. The Kier molecular flexibility index (Phi) is 7.96. The molecule has 2 atom stereocenters. The van der Waals surface area contributed by atoms with Gasteiger partial charge in [-0.25, -0.2) is 12.8 Å². The lowest BCUT2D eigenvalue weighted by molar-refractivity contribution is 0.0191. The van der Waals surface area contributed by atoms with Gasteiger partial charge in [-0.3, -0.25) is 9.10 Å². The van der Waals surface area contributed by atoms with Gasteiger partial charge < -0.3 is 23.8 Å². The molecule has 1 aliphatic rings. The molecule has 0 saturated carbocycles. The second-order valence-electron chi connectivity index (χ2n) is 10.8. The van der Waals surface area contributed by atoms with Gasteiger partial charge >= 0.3 is 0 Å². The number of hydrogen-bond donors (Lipinski definition) is 1. The number of carbonyl (C=O) groups excluding carboxylic acids is 1. The fraction of sp³-hybridized carbons (Fsp3) is 0.300. The number of benzene rings is 3. The lowest BCUT2D eigenvalue weighted by Crippen LogP contribution is -2.38. The molecule has 0 saturated heterocycles. The van der Waals surface area contributed by atoms with E-state index in [1.54, 1.807) is 56.7 Å². The van der Waals surface area contributed by atoms with Gasteiger partial charge in [0, 0.05) is 35.8 Å². The van der Waals surface area contributed by atoms with Gasteiger partial charge in [-0.2, -0.15) is 0 Å². The molecule has 0 aliphatic carbocycles. The van der Waals surface area contributed by atoms with Gasteiger partial charge in [-0.1, -0.05) is 0 Å². The number of rotatable bonds is 7. The van der Waals surface area contributed by atoms with Crippen LogP contribution in [0.15, 0.2) is 65.1 Å². The number of nitrogens with one attached hydrogen (secondary N) is 1. The summed E-state index contributed by atoms with van der Waals surface area (Å²) in [7, 11) is -4.75. The largest absolute Gasteiger partial charge is 0.457 e. The van der Waals surface area contributed by atoms with E-state index in [9.17, 15) is 22.2 Å². The molecule has 0 fully saturated rings. The maximum Gasteiger partial charge on any atom is 0.255 e. The Bertz CT molecular complexity index is 1800. The number of anilines is 1. The Morgan fingerprint density at radius 2 is 1.71 bits per heavy atom. The smallest absolute Gasteiger partial charge is 0.255 e. The van der Waals surface area contributed by atoms with Gasteiger partial charge in [0.1, 0.15) is 28.7 Å². The van der Waals surface area contributed by atoms with Gasteiger partial charge in [-0.05, 0) is 74.9 Å². The first-order valence-corrected chi connectivity index (χ1v) is 17.9. The Hall–Kier alpha value is -3.66. The molecule has 3 aromatic carbocycles. The third-order valence-electron chi connectivity index (χ3n) is 6.97. The summed E-state index contributed by atoms with van der Waals surface area (Å²) >= 11 is 0. The van der Waals surface area contributed by atoms with Crippen LogP contribution in [0.25, 0.3) is 22.3 Å². The number of sulfonamides is 1. The van der Waals surface area contributed by atoms with Crippen LogP contribution in [0.2, 0.25) is 0 Å².